The molecule has 0 saturated heterocycles. The molecule has 0 spiro atoms. The molecule has 6 heteroatoms. The zero-order chi connectivity index (χ0) is 19.6. The highest BCUT2D eigenvalue weighted by molar-refractivity contribution is 5.85. The second kappa shape index (κ2) is 7.63. The lowest BCUT2D eigenvalue weighted by atomic mass is 10.0. The number of carboxylic acids is 1. The van der Waals surface area contributed by atoms with Crippen LogP contribution >= 0.6 is 0 Å². The largest absolute Gasteiger partial charge is 0.507 e. The molecular formula is C21H21NO5. The van der Waals surface area contributed by atoms with E-state index < -0.39 is 17.6 Å². The van der Waals surface area contributed by atoms with E-state index in [-0.39, 0.29) is 17.9 Å². The van der Waals surface area contributed by atoms with Crippen LogP contribution in [0.4, 0.5) is 0 Å². The Labute approximate surface area is 156 Å². The number of carbonyl (C=O) groups is 1. The van der Waals surface area contributed by atoms with Gasteiger partial charge in [-0.1, -0.05) is 30.3 Å². The Balaban J connectivity index is 1.92. The molecule has 6 nitrogen and oxygen atoms in total. The highest BCUT2D eigenvalue weighted by Gasteiger charge is 2.20. The molecule has 0 aliphatic rings. The summed E-state index contributed by atoms with van der Waals surface area (Å²) < 4.78 is 5.39. The van der Waals surface area contributed by atoms with Crippen LogP contribution in [0, 0.1) is 13.8 Å². The number of aryl methyl sites for hydroxylation is 1. The summed E-state index contributed by atoms with van der Waals surface area (Å²) in [6.07, 6.45) is 0.295. The van der Waals surface area contributed by atoms with Crippen LogP contribution in [0.15, 0.2) is 51.7 Å². The number of hydrogen-bond acceptors (Lipinski definition) is 5. The van der Waals surface area contributed by atoms with E-state index in [1.54, 1.807) is 13.0 Å². The molecule has 140 valence electrons. The van der Waals surface area contributed by atoms with Gasteiger partial charge in [0.05, 0.1) is 5.56 Å². The van der Waals surface area contributed by atoms with E-state index in [0.29, 0.717) is 17.5 Å². The first-order chi connectivity index (χ1) is 12.9. The normalized spacial score (nSPS) is 12.2. The van der Waals surface area contributed by atoms with Gasteiger partial charge in [0.15, 0.2) is 0 Å². The maximum Gasteiger partial charge on any atom is 0.339 e. The van der Waals surface area contributed by atoms with Crippen LogP contribution in [0.2, 0.25) is 0 Å². The fraction of sp³-hybridized carbons (Fsp3) is 0.238. The molecule has 0 aliphatic carbocycles. The van der Waals surface area contributed by atoms with Gasteiger partial charge in [0.1, 0.15) is 17.4 Å². The minimum absolute atomic E-state index is 0.0507. The third-order valence-corrected chi connectivity index (χ3v) is 4.81. The van der Waals surface area contributed by atoms with Crippen molar-refractivity contribution in [2.24, 2.45) is 0 Å². The summed E-state index contributed by atoms with van der Waals surface area (Å²) in [5, 5.41) is 23.4. The minimum Gasteiger partial charge on any atom is -0.507 e. The molecular weight excluding hydrogens is 346 g/mol. The van der Waals surface area contributed by atoms with E-state index in [1.807, 2.05) is 37.3 Å². The van der Waals surface area contributed by atoms with Crippen molar-refractivity contribution in [3.8, 4) is 5.75 Å². The van der Waals surface area contributed by atoms with Crippen LogP contribution in [0.5, 0.6) is 5.75 Å². The molecule has 2 aromatic carbocycles. The van der Waals surface area contributed by atoms with E-state index in [4.69, 9.17) is 4.42 Å². The zero-order valence-electron chi connectivity index (χ0n) is 15.2. The van der Waals surface area contributed by atoms with Crippen molar-refractivity contribution in [1.82, 2.24) is 5.32 Å². The van der Waals surface area contributed by atoms with Crippen molar-refractivity contribution in [2.45, 2.75) is 32.9 Å². The van der Waals surface area contributed by atoms with Gasteiger partial charge < -0.3 is 14.6 Å². The summed E-state index contributed by atoms with van der Waals surface area (Å²) in [6.45, 7) is 3.56. The molecule has 0 fully saturated rings. The molecule has 0 bridgehead atoms. The van der Waals surface area contributed by atoms with Gasteiger partial charge in [-0.25, -0.2) is 4.79 Å². The Morgan fingerprint density at radius 1 is 1.11 bits per heavy atom. The van der Waals surface area contributed by atoms with Crippen LogP contribution in [0.3, 0.4) is 0 Å². The topological polar surface area (TPSA) is 99.8 Å². The second-order valence-corrected chi connectivity index (χ2v) is 6.54. The van der Waals surface area contributed by atoms with E-state index in [0.717, 1.165) is 16.5 Å². The van der Waals surface area contributed by atoms with E-state index in [2.05, 4.69) is 5.32 Å². The van der Waals surface area contributed by atoms with Crippen LogP contribution in [0.25, 0.3) is 11.0 Å². The van der Waals surface area contributed by atoms with Crippen molar-refractivity contribution < 1.29 is 19.4 Å². The number of aliphatic carboxylic acids is 1. The van der Waals surface area contributed by atoms with Crippen molar-refractivity contribution in [1.29, 1.82) is 0 Å². The van der Waals surface area contributed by atoms with Gasteiger partial charge in [0.25, 0.3) is 0 Å². The first-order valence-electron chi connectivity index (χ1n) is 8.63. The van der Waals surface area contributed by atoms with Gasteiger partial charge in [-0.3, -0.25) is 10.1 Å². The highest BCUT2D eigenvalue weighted by Crippen LogP contribution is 2.29. The van der Waals surface area contributed by atoms with Gasteiger partial charge in [-0.2, -0.15) is 0 Å². The number of aromatic hydroxyl groups is 1. The Hall–Kier alpha value is -3.12. The van der Waals surface area contributed by atoms with Crippen LogP contribution in [-0.2, 0) is 17.8 Å². The predicted molar refractivity (Wildman–Crippen MR) is 102 cm³/mol. The Morgan fingerprint density at radius 2 is 1.81 bits per heavy atom. The van der Waals surface area contributed by atoms with Crippen LogP contribution in [0.1, 0.15) is 22.3 Å². The Bertz CT molecular complexity index is 1040. The number of hydrogen-bond donors (Lipinski definition) is 3. The minimum atomic E-state index is -0.993. The SMILES string of the molecule is Cc1c(C)c2ccc(O)c(CN[C@@H](Cc3ccccc3)C(=O)O)c2oc1=O. The lowest BCUT2D eigenvalue weighted by Gasteiger charge is -2.16. The van der Waals surface area contributed by atoms with Crippen molar-refractivity contribution >= 4 is 16.9 Å². The fourth-order valence-corrected chi connectivity index (χ4v) is 3.05. The molecule has 0 aliphatic heterocycles. The lowest BCUT2D eigenvalue weighted by molar-refractivity contribution is -0.139. The summed E-state index contributed by atoms with van der Waals surface area (Å²) in [7, 11) is 0. The number of carboxylic acid groups (broad SMARTS) is 1. The lowest BCUT2D eigenvalue weighted by Crippen LogP contribution is -2.38. The maximum atomic E-state index is 12.0. The molecule has 27 heavy (non-hydrogen) atoms. The molecule has 0 amide bonds. The number of benzene rings is 2. The number of rotatable bonds is 6. The molecule has 3 rings (SSSR count). The smallest absolute Gasteiger partial charge is 0.339 e. The molecule has 0 radical (unpaired) electrons. The molecule has 0 unspecified atom stereocenters. The van der Waals surface area contributed by atoms with Crippen molar-refractivity contribution in [3.63, 3.8) is 0 Å². The maximum absolute atomic E-state index is 12.0. The van der Waals surface area contributed by atoms with Crippen LogP contribution in [-0.4, -0.2) is 22.2 Å². The number of phenolic OH excluding ortho intramolecular Hbond substituents is 1. The number of phenols is 1. The van der Waals surface area contributed by atoms with Gasteiger partial charge in [0, 0.05) is 17.5 Å². The first kappa shape index (κ1) is 18.7. The quantitative estimate of drug-likeness (QED) is 0.579. The van der Waals surface area contributed by atoms with Gasteiger partial charge in [0.2, 0.25) is 0 Å². The van der Waals surface area contributed by atoms with Gasteiger partial charge in [-0.15, -0.1) is 0 Å². The Kier molecular flexibility index (Phi) is 5.28. The van der Waals surface area contributed by atoms with Crippen molar-refractivity contribution in [3.05, 3.63) is 75.1 Å². The number of nitrogens with one attached hydrogen (secondary N) is 1. The molecule has 1 aromatic heterocycles. The standard InChI is InChI=1S/C21H21NO5/c1-12-13(2)21(26)27-19-15(12)8-9-18(23)16(19)11-22-17(20(24)25)10-14-6-4-3-5-7-14/h3-9,17,22-23H,10-11H2,1-2H3,(H,24,25)/t17-/m0/s1. The van der Waals surface area contributed by atoms with E-state index in [9.17, 15) is 19.8 Å². The monoisotopic (exact) mass is 367 g/mol. The fourth-order valence-electron chi connectivity index (χ4n) is 3.05. The third-order valence-electron chi connectivity index (χ3n) is 4.81. The predicted octanol–water partition coefficient (Wildman–Crippen LogP) is 2.90. The summed E-state index contributed by atoms with van der Waals surface area (Å²) in [4.78, 5) is 23.7. The third kappa shape index (κ3) is 3.85. The first-order valence-corrected chi connectivity index (χ1v) is 8.63. The number of fused-ring (bicyclic) bond motifs is 1. The van der Waals surface area contributed by atoms with Gasteiger partial charge >= 0.3 is 11.6 Å². The molecule has 3 N–H and O–H groups in total. The molecule has 3 aromatic rings. The van der Waals surface area contributed by atoms with Crippen LogP contribution < -0.4 is 10.9 Å². The summed E-state index contributed by atoms with van der Waals surface area (Å²) in [5.74, 6) is -1.04. The second-order valence-electron chi connectivity index (χ2n) is 6.54. The van der Waals surface area contributed by atoms with E-state index >= 15 is 0 Å². The molecule has 1 atom stereocenters. The Morgan fingerprint density at radius 3 is 2.48 bits per heavy atom. The molecule has 1 heterocycles. The van der Waals surface area contributed by atoms with Gasteiger partial charge in [-0.05, 0) is 43.5 Å². The highest BCUT2D eigenvalue weighted by atomic mass is 16.4. The average molecular weight is 367 g/mol. The van der Waals surface area contributed by atoms with Crippen molar-refractivity contribution in [2.75, 3.05) is 0 Å². The van der Waals surface area contributed by atoms with E-state index in [1.165, 1.54) is 6.07 Å². The summed E-state index contributed by atoms with van der Waals surface area (Å²) in [5.41, 5.74) is 2.36. The summed E-state index contributed by atoms with van der Waals surface area (Å²) in [6, 6.07) is 11.7. The average Bonchev–Trinajstić information content (AvgIpc) is 2.65. The zero-order valence-corrected chi connectivity index (χ0v) is 15.2. The summed E-state index contributed by atoms with van der Waals surface area (Å²) >= 11 is 0. The molecule has 0 saturated carbocycles.